The van der Waals surface area contributed by atoms with E-state index in [4.69, 9.17) is 14.6 Å². The van der Waals surface area contributed by atoms with Crippen LogP contribution in [0.1, 0.15) is 25.8 Å². The van der Waals surface area contributed by atoms with E-state index in [1.807, 2.05) is 18.2 Å². The first-order valence-electron chi connectivity index (χ1n) is 6.54. The quantitative estimate of drug-likeness (QED) is 0.758. The van der Waals surface area contributed by atoms with Crippen molar-refractivity contribution in [2.24, 2.45) is 5.41 Å². The van der Waals surface area contributed by atoms with Crippen LogP contribution in [0.4, 0.5) is 0 Å². The van der Waals surface area contributed by atoms with Crippen LogP contribution >= 0.6 is 0 Å². The van der Waals surface area contributed by atoms with E-state index < -0.39 is 0 Å². The highest BCUT2D eigenvalue weighted by molar-refractivity contribution is 5.38. The Kier molecular flexibility index (Phi) is 6.12. The van der Waals surface area contributed by atoms with E-state index in [-0.39, 0.29) is 12.0 Å². The molecule has 0 aromatic heterocycles. The van der Waals surface area contributed by atoms with Gasteiger partial charge in [-0.2, -0.15) is 0 Å². The van der Waals surface area contributed by atoms with Crippen molar-refractivity contribution in [1.82, 2.24) is 5.32 Å². The second-order valence-corrected chi connectivity index (χ2v) is 5.46. The van der Waals surface area contributed by atoms with Gasteiger partial charge < -0.3 is 19.9 Å². The number of aliphatic hydroxyl groups excluding tert-OH is 1. The van der Waals surface area contributed by atoms with Crippen LogP contribution < -0.4 is 14.8 Å². The van der Waals surface area contributed by atoms with Gasteiger partial charge in [-0.15, -0.1) is 0 Å². The summed E-state index contributed by atoms with van der Waals surface area (Å²) in [5, 5.41) is 12.4. The highest BCUT2D eigenvalue weighted by Gasteiger charge is 2.16. The lowest BCUT2D eigenvalue weighted by Gasteiger charge is -2.24. The standard InChI is InChI=1S/C15H25NO3/c1-15(2,5-6-17)11-16-10-12-7-13(18-3)9-14(8-12)19-4/h7-9,16-17H,5-6,10-11H2,1-4H3. The molecule has 0 fully saturated rings. The summed E-state index contributed by atoms with van der Waals surface area (Å²) in [6.45, 7) is 6.11. The Labute approximate surface area is 115 Å². The average molecular weight is 267 g/mol. The molecule has 19 heavy (non-hydrogen) atoms. The molecular weight excluding hydrogens is 242 g/mol. The van der Waals surface area contributed by atoms with Gasteiger partial charge in [0.25, 0.3) is 0 Å². The molecule has 4 nitrogen and oxygen atoms in total. The molecule has 0 aliphatic heterocycles. The number of aliphatic hydroxyl groups is 1. The van der Waals surface area contributed by atoms with Crippen molar-refractivity contribution in [3.63, 3.8) is 0 Å². The molecule has 0 atom stereocenters. The number of nitrogens with one attached hydrogen (secondary N) is 1. The van der Waals surface area contributed by atoms with Crippen molar-refractivity contribution in [3.05, 3.63) is 23.8 Å². The fraction of sp³-hybridized carbons (Fsp3) is 0.600. The molecule has 0 aliphatic carbocycles. The molecule has 0 amide bonds. The molecular formula is C15H25NO3. The first-order valence-corrected chi connectivity index (χ1v) is 6.54. The molecule has 0 saturated carbocycles. The van der Waals surface area contributed by atoms with Crippen LogP contribution in [0, 0.1) is 5.41 Å². The molecule has 108 valence electrons. The van der Waals surface area contributed by atoms with Crippen LogP contribution in [0.5, 0.6) is 11.5 Å². The van der Waals surface area contributed by atoms with Crippen LogP contribution in [0.3, 0.4) is 0 Å². The Morgan fingerprint density at radius 3 is 2.16 bits per heavy atom. The predicted octanol–water partition coefficient (Wildman–Crippen LogP) is 2.20. The number of hydrogen-bond acceptors (Lipinski definition) is 4. The van der Waals surface area contributed by atoms with Crippen molar-refractivity contribution in [3.8, 4) is 11.5 Å². The summed E-state index contributed by atoms with van der Waals surface area (Å²) in [5.41, 5.74) is 1.22. The maximum atomic E-state index is 8.99. The molecule has 0 bridgehead atoms. The predicted molar refractivity (Wildman–Crippen MR) is 76.7 cm³/mol. The van der Waals surface area contributed by atoms with Gasteiger partial charge in [0, 0.05) is 25.8 Å². The van der Waals surface area contributed by atoms with E-state index in [1.165, 1.54) is 0 Å². The number of ether oxygens (including phenoxy) is 2. The molecule has 0 spiro atoms. The van der Waals surface area contributed by atoms with E-state index in [2.05, 4.69) is 19.2 Å². The Morgan fingerprint density at radius 1 is 1.11 bits per heavy atom. The van der Waals surface area contributed by atoms with Crippen LogP contribution in [-0.4, -0.2) is 32.5 Å². The molecule has 1 rings (SSSR count). The summed E-state index contributed by atoms with van der Waals surface area (Å²) in [6.07, 6.45) is 0.793. The van der Waals surface area contributed by atoms with E-state index in [0.29, 0.717) is 0 Å². The maximum Gasteiger partial charge on any atom is 0.122 e. The van der Waals surface area contributed by atoms with Gasteiger partial charge in [0.05, 0.1) is 14.2 Å². The minimum absolute atomic E-state index is 0.0949. The minimum atomic E-state index is 0.0949. The topological polar surface area (TPSA) is 50.7 Å². The van der Waals surface area contributed by atoms with E-state index >= 15 is 0 Å². The van der Waals surface area contributed by atoms with Crippen LogP contribution in [-0.2, 0) is 6.54 Å². The van der Waals surface area contributed by atoms with Crippen LogP contribution in [0.15, 0.2) is 18.2 Å². The summed E-state index contributed by atoms with van der Waals surface area (Å²) in [5.74, 6) is 1.59. The average Bonchev–Trinajstić information content (AvgIpc) is 2.37. The summed E-state index contributed by atoms with van der Waals surface area (Å²) < 4.78 is 10.5. The van der Waals surface area contributed by atoms with Crippen molar-refractivity contribution in [1.29, 1.82) is 0 Å². The van der Waals surface area contributed by atoms with Gasteiger partial charge in [-0.3, -0.25) is 0 Å². The highest BCUT2D eigenvalue weighted by atomic mass is 16.5. The number of hydrogen-bond donors (Lipinski definition) is 2. The van der Waals surface area contributed by atoms with Crippen LogP contribution in [0.25, 0.3) is 0 Å². The third-order valence-electron chi connectivity index (χ3n) is 3.13. The first-order chi connectivity index (χ1) is 9.00. The molecule has 1 aromatic rings. The van der Waals surface area contributed by atoms with Gasteiger partial charge in [0.2, 0.25) is 0 Å². The SMILES string of the molecule is COc1cc(CNCC(C)(C)CCO)cc(OC)c1. The van der Waals surface area contributed by atoms with Crippen molar-refractivity contribution >= 4 is 0 Å². The lowest BCUT2D eigenvalue weighted by atomic mass is 9.90. The minimum Gasteiger partial charge on any atom is -0.497 e. The first kappa shape index (κ1) is 15.8. The van der Waals surface area contributed by atoms with Gasteiger partial charge in [-0.1, -0.05) is 13.8 Å². The molecule has 1 aromatic carbocycles. The third-order valence-corrected chi connectivity index (χ3v) is 3.13. The second kappa shape index (κ2) is 7.36. The third kappa shape index (κ3) is 5.49. The molecule has 0 aliphatic rings. The van der Waals surface area contributed by atoms with Gasteiger partial charge in [-0.05, 0) is 29.5 Å². The Hall–Kier alpha value is -1.26. The molecule has 0 unspecified atom stereocenters. The zero-order valence-corrected chi connectivity index (χ0v) is 12.3. The lowest BCUT2D eigenvalue weighted by molar-refractivity contribution is 0.207. The number of benzene rings is 1. The smallest absolute Gasteiger partial charge is 0.122 e. The van der Waals surface area contributed by atoms with Crippen molar-refractivity contribution < 1.29 is 14.6 Å². The number of rotatable bonds is 8. The molecule has 2 N–H and O–H groups in total. The molecule has 0 radical (unpaired) electrons. The lowest BCUT2D eigenvalue weighted by Crippen LogP contribution is -2.29. The van der Waals surface area contributed by atoms with E-state index in [9.17, 15) is 0 Å². The zero-order chi connectivity index (χ0) is 14.3. The zero-order valence-electron chi connectivity index (χ0n) is 12.3. The van der Waals surface area contributed by atoms with E-state index in [1.54, 1.807) is 14.2 Å². The Bertz CT molecular complexity index is 369. The largest absolute Gasteiger partial charge is 0.497 e. The van der Waals surface area contributed by atoms with Crippen molar-refractivity contribution in [2.75, 3.05) is 27.4 Å². The summed E-state index contributed by atoms with van der Waals surface area (Å²) in [6, 6.07) is 5.85. The fourth-order valence-electron chi connectivity index (χ4n) is 1.90. The normalized spacial score (nSPS) is 11.4. The van der Waals surface area contributed by atoms with Gasteiger partial charge in [0.1, 0.15) is 11.5 Å². The maximum absolute atomic E-state index is 8.99. The number of methoxy groups -OCH3 is 2. The van der Waals surface area contributed by atoms with Gasteiger partial charge in [-0.25, -0.2) is 0 Å². The molecule has 0 saturated heterocycles. The van der Waals surface area contributed by atoms with Gasteiger partial charge in [0.15, 0.2) is 0 Å². The summed E-state index contributed by atoms with van der Waals surface area (Å²) in [7, 11) is 3.30. The summed E-state index contributed by atoms with van der Waals surface area (Å²) >= 11 is 0. The summed E-state index contributed by atoms with van der Waals surface area (Å²) in [4.78, 5) is 0. The monoisotopic (exact) mass is 267 g/mol. The Balaban J connectivity index is 2.57. The highest BCUT2D eigenvalue weighted by Crippen LogP contribution is 2.23. The van der Waals surface area contributed by atoms with E-state index in [0.717, 1.165) is 36.6 Å². The molecule has 4 heteroatoms. The van der Waals surface area contributed by atoms with Crippen molar-refractivity contribution in [2.45, 2.75) is 26.8 Å². The fourth-order valence-corrected chi connectivity index (χ4v) is 1.90. The Morgan fingerprint density at radius 2 is 1.68 bits per heavy atom. The molecule has 0 heterocycles. The van der Waals surface area contributed by atoms with Gasteiger partial charge >= 0.3 is 0 Å². The van der Waals surface area contributed by atoms with Crippen LogP contribution in [0.2, 0.25) is 0 Å². The second-order valence-electron chi connectivity index (χ2n) is 5.46.